The van der Waals surface area contributed by atoms with Gasteiger partial charge in [-0.3, -0.25) is 9.59 Å². The van der Waals surface area contributed by atoms with Crippen LogP contribution in [-0.4, -0.2) is 83.5 Å². The van der Waals surface area contributed by atoms with Gasteiger partial charge in [-0.2, -0.15) is 0 Å². The van der Waals surface area contributed by atoms with Crippen LogP contribution in [0.25, 0.3) is 0 Å². The van der Waals surface area contributed by atoms with Crippen molar-refractivity contribution in [3.63, 3.8) is 0 Å². The topological polar surface area (TPSA) is 168 Å². The monoisotopic (exact) mass is 585 g/mol. The number of benzene rings is 1. The van der Waals surface area contributed by atoms with Crippen LogP contribution in [0.3, 0.4) is 0 Å². The number of rotatable bonds is 14. The molecule has 13 heteroatoms. The maximum Gasteiger partial charge on any atom is 0.528 e. The molecular weight excluding hydrogens is 546 g/mol. The second-order valence-electron chi connectivity index (χ2n) is 11.1. The van der Waals surface area contributed by atoms with Gasteiger partial charge in [0.2, 0.25) is 11.8 Å². The van der Waals surface area contributed by atoms with Gasteiger partial charge in [0.15, 0.2) is 0 Å². The van der Waals surface area contributed by atoms with Gasteiger partial charge in [0.25, 0.3) is 0 Å². The Morgan fingerprint density at radius 3 is 2.48 bits per heavy atom. The average molecular weight is 586 g/mol. The fourth-order valence-electron chi connectivity index (χ4n) is 4.18. The lowest BCUT2D eigenvalue weighted by molar-refractivity contribution is -0.144. The van der Waals surface area contributed by atoms with E-state index in [1.807, 2.05) is 63.2 Å². The van der Waals surface area contributed by atoms with Crippen LogP contribution in [0.2, 0.25) is 0 Å². The number of aliphatic carboxylic acids is 1. The summed E-state index contributed by atoms with van der Waals surface area (Å²) in [5.41, 5.74) is 0.502. The minimum Gasteiger partial charge on any atom is -0.480 e. The number of nitrogens with zero attached hydrogens (tertiary/aromatic N) is 2. The fourth-order valence-corrected chi connectivity index (χ4v) is 4.18. The lowest BCUT2D eigenvalue weighted by Crippen LogP contribution is -2.49. The minimum absolute atomic E-state index is 0.0540. The summed E-state index contributed by atoms with van der Waals surface area (Å²) in [6, 6.07) is 13.1. The number of ether oxygens (including phenoxy) is 2. The Kier molecular flexibility index (Phi) is 12.1. The molecule has 3 unspecified atom stereocenters. The number of carboxylic acid groups (broad SMARTS) is 1. The fraction of sp³-hybridized carbons (Fsp3) is 0.483. The highest BCUT2D eigenvalue weighted by atomic mass is 16.8. The number of anilines is 1. The average Bonchev–Trinajstić information content (AvgIpc) is 3.33. The third kappa shape index (κ3) is 11.7. The molecule has 4 N–H and O–H groups in total. The van der Waals surface area contributed by atoms with Gasteiger partial charge in [-0.1, -0.05) is 57.2 Å². The summed E-state index contributed by atoms with van der Waals surface area (Å²) in [6.07, 6.45) is 0.897. The molecule has 1 aromatic heterocycles. The summed E-state index contributed by atoms with van der Waals surface area (Å²) in [7, 11) is 0. The van der Waals surface area contributed by atoms with E-state index in [-0.39, 0.29) is 44.2 Å². The first-order valence-corrected chi connectivity index (χ1v) is 13.7. The second-order valence-corrected chi connectivity index (χ2v) is 11.1. The van der Waals surface area contributed by atoms with E-state index in [1.54, 1.807) is 12.3 Å². The largest absolute Gasteiger partial charge is 0.528 e. The molecule has 2 heterocycles. The number of aromatic nitrogens is 1. The van der Waals surface area contributed by atoms with E-state index < -0.39 is 36.1 Å². The molecule has 0 spiro atoms. The van der Waals surface area contributed by atoms with Crippen molar-refractivity contribution in [3.8, 4) is 0 Å². The second kappa shape index (κ2) is 15.7. The molecule has 0 radical (unpaired) electrons. The first-order valence-electron chi connectivity index (χ1n) is 13.7. The number of hydrogen-bond acceptors (Lipinski definition) is 10. The summed E-state index contributed by atoms with van der Waals surface area (Å²) in [5.74, 6) is -1.57. The number of nitrogens with one attached hydrogen (secondary N) is 3. The standard InChI is InChI=1S/C29H39N5O8/c1-29(2,3)14-25(35)33-23(27(37)38)16-32-26(36)19-40-22-13-21(15-31-24-11-7-8-12-30-24)34(17-22)42-28(39)41-18-20-9-5-4-6-10-20/h4-12,21-23H,13-19H2,1-3H3,(H,30,31)(H,32,36)(H,33,35)(H,37,38). The molecule has 0 saturated carbocycles. The van der Waals surface area contributed by atoms with Gasteiger partial charge in [0.05, 0.1) is 18.7 Å². The van der Waals surface area contributed by atoms with E-state index in [0.717, 1.165) is 5.56 Å². The Labute approximate surface area is 244 Å². The lowest BCUT2D eigenvalue weighted by atomic mass is 9.92. The van der Waals surface area contributed by atoms with Crippen LogP contribution in [0.4, 0.5) is 10.6 Å². The molecule has 1 aliphatic rings. The van der Waals surface area contributed by atoms with Crippen molar-refractivity contribution in [1.82, 2.24) is 20.7 Å². The Morgan fingerprint density at radius 1 is 1.07 bits per heavy atom. The Bertz CT molecular complexity index is 1180. The molecule has 3 atom stereocenters. The number of carboxylic acids is 1. The summed E-state index contributed by atoms with van der Waals surface area (Å²) in [4.78, 5) is 58.3. The van der Waals surface area contributed by atoms with Gasteiger partial charge in [0.1, 0.15) is 25.1 Å². The van der Waals surface area contributed by atoms with Crippen molar-refractivity contribution in [1.29, 1.82) is 0 Å². The zero-order valence-electron chi connectivity index (χ0n) is 24.1. The van der Waals surface area contributed by atoms with Crippen LogP contribution >= 0.6 is 0 Å². The number of hydroxylamine groups is 2. The van der Waals surface area contributed by atoms with Gasteiger partial charge < -0.3 is 35.4 Å². The Balaban J connectivity index is 1.49. The normalized spacial score (nSPS) is 17.6. The highest BCUT2D eigenvalue weighted by molar-refractivity contribution is 5.85. The number of amides is 2. The molecule has 2 amide bonds. The predicted octanol–water partition coefficient (Wildman–Crippen LogP) is 2.34. The van der Waals surface area contributed by atoms with E-state index in [9.17, 15) is 24.3 Å². The summed E-state index contributed by atoms with van der Waals surface area (Å²) in [5, 5.41) is 19.0. The molecule has 3 rings (SSSR count). The van der Waals surface area contributed by atoms with Crippen LogP contribution in [0.1, 0.15) is 39.2 Å². The van der Waals surface area contributed by atoms with Gasteiger partial charge in [0, 0.05) is 25.7 Å². The molecule has 1 fully saturated rings. The van der Waals surface area contributed by atoms with E-state index in [0.29, 0.717) is 18.8 Å². The van der Waals surface area contributed by atoms with Crippen molar-refractivity contribution in [2.75, 3.05) is 31.6 Å². The van der Waals surface area contributed by atoms with Gasteiger partial charge in [-0.15, -0.1) is 5.06 Å². The Morgan fingerprint density at radius 2 is 1.81 bits per heavy atom. The maximum atomic E-state index is 12.4. The molecule has 0 bridgehead atoms. The van der Waals surface area contributed by atoms with Crippen LogP contribution in [0.15, 0.2) is 54.7 Å². The van der Waals surface area contributed by atoms with E-state index in [2.05, 4.69) is 20.9 Å². The van der Waals surface area contributed by atoms with Crippen LogP contribution in [0, 0.1) is 5.41 Å². The molecule has 1 saturated heterocycles. The highest BCUT2D eigenvalue weighted by Crippen LogP contribution is 2.22. The number of pyridine rings is 1. The molecule has 42 heavy (non-hydrogen) atoms. The van der Waals surface area contributed by atoms with Crippen molar-refractivity contribution in [2.45, 2.75) is 58.4 Å². The molecule has 228 valence electrons. The van der Waals surface area contributed by atoms with Crippen molar-refractivity contribution < 1.29 is 38.6 Å². The SMILES string of the molecule is CC(C)(C)CC(=O)NC(CNC(=O)COC1CC(CNc2ccccn2)N(OC(=O)OCc2ccccc2)C1)C(=O)O. The molecule has 13 nitrogen and oxygen atoms in total. The molecule has 0 aliphatic carbocycles. The number of carbonyl (C=O) groups is 4. The van der Waals surface area contributed by atoms with Gasteiger partial charge in [-0.25, -0.2) is 14.6 Å². The number of hydrogen-bond donors (Lipinski definition) is 4. The van der Waals surface area contributed by atoms with Crippen LogP contribution < -0.4 is 16.0 Å². The third-order valence-electron chi connectivity index (χ3n) is 6.18. The summed E-state index contributed by atoms with van der Waals surface area (Å²) >= 11 is 0. The number of carbonyl (C=O) groups excluding carboxylic acids is 3. The van der Waals surface area contributed by atoms with Crippen molar-refractivity contribution in [3.05, 3.63) is 60.3 Å². The predicted molar refractivity (Wildman–Crippen MR) is 152 cm³/mol. The smallest absolute Gasteiger partial charge is 0.480 e. The van der Waals surface area contributed by atoms with Crippen LogP contribution in [0.5, 0.6) is 0 Å². The quantitative estimate of drug-likeness (QED) is 0.240. The molecule has 1 aromatic carbocycles. The molecular formula is C29H39N5O8. The third-order valence-corrected chi connectivity index (χ3v) is 6.18. The van der Waals surface area contributed by atoms with Crippen LogP contribution in [-0.2, 0) is 35.3 Å². The zero-order chi connectivity index (χ0) is 30.5. The first-order chi connectivity index (χ1) is 20.0. The molecule has 1 aliphatic heterocycles. The van der Waals surface area contributed by atoms with Crippen molar-refractivity contribution >= 4 is 29.8 Å². The van der Waals surface area contributed by atoms with E-state index in [1.165, 1.54) is 5.06 Å². The Hall–Kier alpha value is -4.23. The highest BCUT2D eigenvalue weighted by Gasteiger charge is 2.36. The van der Waals surface area contributed by atoms with Gasteiger partial charge >= 0.3 is 12.1 Å². The first kappa shape index (κ1) is 32.3. The summed E-state index contributed by atoms with van der Waals surface area (Å²) < 4.78 is 11.0. The molecule has 2 aromatic rings. The summed E-state index contributed by atoms with van der Waals surface area (Å²) in [6.45, 7) is 5.57. The lowest BCUT2D eigenvalue weighted by Gasteiger charge is -2.22. The zero-order valence-corrected chi connectivity index (χ0v) is 24.1. The van der Waals surface area contributed by atoms with E-state index >= 15 is 0 Å². The maximum absolute atomic E-state index is 12.4. The van der Waals surface area contributed by atoms with Crippen molar-refractivity contribution in [2.24, 2.45) is 5.41 Å². The minimum atomic E-state index is -1.27. The van der Waals surface area contributed by atoms with E-state index in [4.69, 9.17) is 14.3 Å². The van der Waals surface area contributed by atoms with Gasteiger partial charge in [-0.05, 0) is 29.5 Å².